The third-order valence-corrected chi connectivity index (χ3v) is 4.11. The zero-order chi connectivity index (χ0) is 16.3. The topological polar surface area (TPSA) is 89.2 Å². The lowest BCUT2D eigenvalue weighted by molar-refractivity contribution is -0.119. The number of hydrogen-bond acceptors (Lipinski definition) is 4. The molecule has 1 aromatic rings. The number of nitrogens with two attached hydrogens (primary N) is 1. The van der Waals surface area contributed by atoms with Gasteiger partial charge >= 0.3 is 0 Å². The summed E-state index contributed by atoms with van der Waals surface area (Å²) in [5, 5.41) is 0.196. The van der Waals surface area contributed by atoms with Crippen LogP contribution in [0.4, 0.5) is 0 Å². The molecule has 6 nitrogen and oxygen atoms in total. The first-order chi connectivity index (χ1) is 10.4. The summed E-state index contributed by atoms with van der Waals surface area (Å²) in [4.78, 5) is 34.1. The first kappa shape index (κ1) is 16.7. The van der Waals surface area contributed by atoms with Gasteiger partial charge in [-0.3, -0.25) is 9.59 Å². The standard InChI is InChI=1S/C15H21ClN4O2/c1-9(2)14-18-7-11(16)13(19-14)15(22)20(8-12(17)21)10-5-3-4-6-10/h7,9-10H,3-6,8H2,1-2H3,(H2,17,21). The van der Waals surface area contributed by atoms with Gasteiger partial charge in [-0.15, -0.1) is 0 Å². The van der Waals surface area contributed by atoms with Crippen molar-refractivity contribution >= 4 is 23.4 Å². The third kappa shape index (κ3) is 3.74. The van der Waals surface area contributed by atoms with Gasteiger partial charge in [-0.25, -0.2) is 9.97 Å². The fourth-order valence-corrected chi connectivity index (χ4v) is 2.87. The number of primary amides is 1. The van der Waals surface area contributed by atoms with Crippen LogP contribution in [-0.2, 0) is 4.79 Å². The number of hydrogen-bond donors (Lipinski definition) is 1. The third-order valence-electron chi connectivity index (χ3n) is 3.83. The van der Waals surface area contributed by atoms with E-state index >= 15 is 0 Å². The first-order valence-corrected chi connectivity index (χ1v) is 7.89. The van der Waals surface area contributed by atoms with Crippen LogP contribution in [-0.4, -0.2) is 39.3 Å². The average Bonchev–Trinajstić information content (AvgIpc) is 2.98. The largest absolute Gasteiger partial charge is 0.368 e. The van der Waals surface area contributed by atoms with E-state index in [0.717, 1.165) is 25.7 Å². The Morgan fingerprint density at radius 2 is 2.05 bits per heavy atom. The average molecular weight is 325 g/mol. The highest BCUT2D eigenvalue weighted by Gasteiger charge is 2.30. The van der Waals surface area contributed by atoms with Gasteiger partial charge in [-0.05, 0) is 12.8 Å². The number of amides is 2. The molecule has 0 bridgehead atoms. The molecule has 0 unspecified atom stereocenters. The normalized spacial score (nSPS) is 15.3. The van der Waals surface area contributed by atoms with Crippen LogP contribution >= 0.6 is 11.6 Å². The summed E-state index contributed by atoms with van der Waals surface area (Å²) >= 11 is 6.09. The Morgan fingerprint density at radius 3 is 2.59 bits per heavy atom. The Kier molecular flexibility index (Phi) is 5.34. The number of nitrogens with zero attached hydrogens (tertiary/aromatic N) is 3. The highest BCUT2D eigenvalue weighted by Crippen LogP contribution is 2.26. The van der Waals surface area contributed by atoms with Crippen molar-refractivity contribution in [3.8, 4) is 0 Å². The molecular weight excluding hydrogens is 304 g/mol. The van der Waals surface area contributed by atoms with Crippen LogP contribution in [0.15, 0.2) is 6.20 Å². The SMILES string of the molecule is CC(C)c1ncc(Cl)c(C(=O)N(CC(N)=O)C2CCCC2)n1. The Labute approximate surface area is 135 Å². The predicted octanol–water partition coefficient (Wildman–Crippen LogP) is 2.12. The molecule has 0 spiro atoms. The summed E-state index contributed by atoms with van der Waals surface area (Å²) in [5.41, 5.74) is 5.44. The van der Waals surface area contributed by atoms with Gasteiger partial charge in [0.05, 0.1) is 17.8 Å². The van der Waals surface area contributed by atoms with Crippen molar-refractivity contribution in [1.82, 2.24) is 14.9 Å². The van der Waals surface area contributed by atoms with Crippen molar-refractivity contribution in [1.29, 1.82) is 0 Å². The second-order valence-corrected chi connectivity index (χ2v) is 6.32. The van der Waals surface area contributed by atoms with Gasteiger partial charge < -0.3 is 10.6 Å². The van der Waals surface area contributed by atoms with Crippen LogP contribution in [0.25, 0.3) is 0 Å². The second-order valence-electron chi connectivity index (χ2n) is 5.92. The summed E-state index contributed by atoms with van der Waals surface area (Å²) in [6.07, 6.45) is 5.27. The summed E-state index contributed by atoms with van der Waals surface area (Å²) in [6.45, 7) is 3.77. The Hall–Kier alpha value is -1.69. The molecule has 22 heavy (non-hydrogen) atoms. The van der Waals surface area contributed by atoms with Gasteiger partial charge in [0.1, 0.15) is 5.82 Å². The number of rotatable bonds is 5. The van der Waals surface area contributed by atoms with E-state index in [1.165, 1.54) is 11.1 Å². The molecule has 0 aliphatic heterocycles. The smallest absolute Gasteiger partial charge is 0.274 e. The minimum absolute atomic E-state index is 0.0218. The molecule has 0 aromatic carbocycles. The van der Waals surface area contributed by atoms with E-state index in [2.05, 4.69) is 9.97 Å². The Bertz CT molecular complexity index is 571. The molecule has 1 fully saturated rings. The van der Waals surface area contributed by atoms with Crippen LogP contribution < -0.4 is 5.73 Å². The minimum Gasteiger partial charge on any atom is -0.368 e. The maximum atomic E-state index is 12.8. The fourth-order valence-electron chi connectivity index (χ4n) is 2.70. The van der Waals surface area contributed by atoms with Gasteiger partial charge in [0.15, 0.2) is 5.69 Å². The molecule has 2 amide bonds. The maximum Gasteiger partial charge on any atom is 0.274 e. The molecule has 1 heterocycles. The molecule has 0 atom stereocenters. The maximum absolute atomic E-state index is 12.8. The number of carbonyl (C=O) groups is 2. The van der Waals surface area contributed by atoms with Crippen molar-refractivity contribution in [2.75, 3.05) is 6.54 Å². The molecule has 2 rings (SSSR count). The predicted molar refractivity (Wildman–Crippen MR) is 83.6 cm³/mol. The molecule has 1 aromatic heterocycles. The van der Waals surface area contributed by atoms with E-state index in [9.17, 15) is 9.59 Å². The van der Waals surface area contributed by atoms with Gasteiger partial charge in [-0.1, -0.05) is 38.3 Å². The van der Waals surface area contributed by atoms with Crippen LogP contribution in [0.5, 0.6) is 0 Å². The number of carbonyl (C=O) groups excluding carboxylic acids is 2. The molecule has 7 heteroatoms. The molecule has 2 N–H and O–H groups in total. The fraction of sp³-hybridized carbons (Fsp3) is 0.600. The lowest BCUT2D eigenvalue weighted by Gasteiger charge is -2.27. The van der Waals surface area contributed by atoms with E-state index < -0.39 is 5.91 Å². The van der Waals surface area contributed by atoms with Gasteiger partial charge in [0.2, 0.25) is 5.91 Å². The minimum atomic E-state index is -0.533. The van der Waals surface area contributed by atoms with Crippen molar-refractivity contribution in [2.45, 2.75) is 51.5 Å². The van der Waals surface area contributed by atoms with E-state index in [-0.39, 0.29) is 35.1 Å². The molecule has 1 aliphatic carbocycles. The Morgan fingerprint density at radius 1 is 1.41 bits per heavy atom. The van der Waals surface area contributed by atoms with Crippen molar-refractivity contribution in [3.63, 3.8) is 0 Å². The van der Waals surface area contributed by atoms with E-state index in [0.29, 0.717) is 5.82 Å². The lowest BCUT2D eigenvalue weighted by Crippen LogP contribution is -2.44. The zero-order valence-corrected chi connectivity index (χ0v) is 13.6. The van der Waals surface area contributed by atoms with E-state index in [1.54, 1.807) is 0 Å². The van der Waals surface area contributed by atoms with Crippen molar-refractivity contribution in [3.05, 3.63) is 22.7 Å². The number of halogens is 1. The van der Waals surface area contributed by atoms with Crippen molar-refractivity contribution < 1.29 is 9.59 Å². The van der Waals surface area contributed by atoms with Gasteiger partial charge in [-0.2, -0.15) is 0 Å². The van der Waals surface area contributed by atoms with Crippen LogP contribution in [0.3, 0.4) is 0 Å². The zero-order valence-electron chi connectivity index (χ0n) is 12.9. The van der Waals surface area contributed by atoms with Crippen LogP contribution in [0.1, 0.15) is 61.8 Å². The van der Waals surface area contributed by atoms with E-state index in [4.69, 9.17) is 17.3 Å². The second kappa shape index (κ2) is 7.05. The number of aromatic nitrogens is 2. The van der Waals surface area contributed by atoms with Crippen molar-refractivity contribution in [2.24, 2.45) is 5.73 Å². The molecule has 1 saturated carbocycles. The summed E-state index contributed by atoms with van der Waals surface area (Å²) in [7, 11) is 0. The van der Waals surface area contributed by atoms with Crippen LogP contribution in [0.2, 0.25) is 5.02 Å². The first-order valence-electron chi connectivity index (χ1n) is 7.52. The molecular formula is C15H21ClN4O2. The van der Waals surface area contributed by atoms with Gasteiger partial charge in [0, 0.05) is 12.0 Å². The quantitative estimate of drug-likeness (QED) is 0.898. The highest BCUT2D eigenvalue weighted by molar-refractivity contribution is 6.33. The molecule has 1 aliphatic rings. The monoisotopic (exact) mass is 324 g/mol. The summed E-state index contributed by atoms with van der Waals surface area (Å²) in [6, 6.07) is 0.0218. The highest BCUT2D eigenvalue weighted by atomic mass is 35.5. The Balaban J connectivity index is 2.33. The van der Waals surface area contributed by atoms with E-state index in [1.807, 2.05) is 13.8 Å². The molecule has 0 saturated heterocycles. The summed E-state index contributed by atoms with van der Waals surface area (Å²) in [5.74, 6) is -0.243. The molecule has 0 radical (unpaired) electrons. The summed E-state index contributed by atoms with van der Waals surface area (Å²) < 4.78 is 0. The van der Waals surface area contributed by atoms with Crippen LogP contribution in [0, 0.1) is 0 Å². The lowest BCUT2D eigenvalue weighted by atomic mass is 10.1. The molecule has 120 valence electrons. The van der Waals surface area contributed by atoms with Gasteiger partial charge in [0.25, 0.3) is 5.91 Å².